The quantitative estimate of drug-likeness (QED) is 0.254. The number of hydrogen-bond donors (Lipinski definition) is 1. The predicted molar refractivity (Wildman–Crippen MR) is 118 cm³/mol. The first-order chi connectivity index (χ1) is 14.5. The SMILES string of the molecule is CC(=O)OCc1cc(O)c2c(c1C=O)OC(C)(CCC=C(C)CCC1OC1(C)C)C=C2. The number of carbonyl (C=O) groups excluding carboxylic acids is 2. The molecule has 6 nitrogen and oxygen atoms in total. The standard InChI is InChI=1S/C25H32O6/c1-16(8-9-22-24(3,4)30-22)7-6-11-25(5)12-10-19-21(28)13-18(15-29-17(2)27)20(14-26)23(19)31-25/h7,10,12-14,22,28H,6,8-9,11,15H2,1-5H3. The molecule has 2 aliphatic rings. The number of esters is 1. The minimum atomic E-state index is -0.615. The summed E-state index contributed by atoms with van der Waals surface area (Å²) in [6.07, 6.45) is 10.6. The van der Waals surface area contributed by atoms with Gasteiger partial charge in [-0.15, -0.1) is 0 Å². The maximum atomic E-state index is 11.8. The molecule has 2 aliphatic heterocycles. The molecule has 3 rings (SSSR count). The first-order valence-electron chi connectivity index (χ1n) is 10.7. The van der Waals surface area contributed by atoms with E-state index >= 15 is 0 Å². The van der Waals surface area contributed by atoms with Gasteiger partial charge >= 0.3 is 5.97 Å². The number of carbonyl (C=O) groups is 2. The fraction of sp³-hybridized carbons (Fsp3) is 0.520. The summed E-state index contributed by atoms with van der Waals surface area (Å²) in [5.41, 5.74) is 1.91. The van der Waals surface area contributed by atoms with Crippen molar-refractivity contribution in [2.45, 2.75) is 84.2 Å². The van der Waals surface area contributed by atoms with Crippen molar-refractivity contribution in [2.24, 2.45) is 0 Å². The first kappa shape index (κ1) is 23.1. The Labute approximate surface area is 183 Å². The van der Waals surface area contributed by atoms with Gasteiger partial charge in [0.15, 0.2) is 6.29 Å². The molecule has 31 heavy (non-hydrogen) atoms. The molecule has 1 aromatic carbocycles. The number of epoxide rings is 1. The summed E-state index contributed by atoms with van der Waals surface area (Å²) in [4.78, 5) is 23.0. The van der Waals surface area contributed by atoms with Gasteiger partial charge in [-0.25, -0.2) is 0 Å². The summed E-state index contributed by atoms with van der Waals surface area (Å²) in [6, 6.07) is 1.44. The highest BCUT2D eigenvalue weighted by Gasteiger charge is 2.46. The summed E-state index contributed by atoms with van der Waals surface area (Å²) in [5, 5.41) is 10.4. The molecule has 0 aliphatic carbocycles. The number of phenols is 1. The van der Waals surface area contributed by atoms with Crippen molar-refractivity contribution in [3.63, 3.8) is 0 Å². The molecule has 2 heterocycles. The minimum absolute atomic E-state index is 0.0120. The zero-order valence-corrected chi connectivity index (χ0v) is 19.0. The largest absolute Gasteiger partial charge is 0.507 e. The number of aldehydes is 1. The van der Waals surface area contributed by atoms with Crippen molar-refractivity contribution >= 4 is 18.3 Å². The molecular weight excluding hydrogens is 396 g/mol. The molecule has 0 bridgehead atoms. The number of ether oxygens (including phenoxy) is 3. The van der Waals surface area contributed by atoms with E-state index in [2.05, 4.69) is 26.8 Å². The Hall–Kier alpha value is -2.60. The van der Waals surface area contributed by atoms with E-state index in [0.29, 0.717) is 34.8 Å². The van der Waals surface area contributed by atoms with Crippen LogP contribution in [0, 0.1) is 0 Å². The summed E-state index contributed by atoms with van der Waals surface area (Å²) in [7, 11) is 0. The Kier molecular flexibility index (Phi) is 6.60. The lowest BCUT2D eigenvalue weighted by Gasteiger charge is -2.33. The Morgan fingerprint density at radius 2 is 2.00 bits per heavy atom. The van der Waals surface area contributed by atoms with E-state index in [-0.39, 0.29) is 18.0 Å². The normalized spacial score (nSPS) is 23.6. The van der Waals surface area contributed by atoms with Gasteiger partial charge in [0.05, 0.1) is 22.8 Å². The van der Waals surface area contributed by atoms with Crippen LogP contribution in [0.1, 0.15) is 81.8 Å². The van der Waals surface area contributed by atoms with Gasteiger partial charge < -0.3 is 19.3 Å². The van der Waals surface area contributed by atoms with Crippen LogP contribution in [0.4, 0.5) is 0 Å². The van der Waals surface area contributed by atoms with Crippen LogP contribution in [0.3, 0.4) is 0 Å². The van der Waals surface area contributed by atoms with Crippen LogP contribution in [-0.4, -0.2) is 34.7 Å². The summed E-state index contributed by atoms with van der Waals surface area (Å²) in [6.45, 7) is 9.52. The monoisotopic (exact) mass is 428 g/mol. The average Bonchev–Trinajstić information content (AvgIpc) is 3.31. The van der Waals surface area contributed by atoms with Crippen LogP contribution in [0.25, 0.3) is 6.08 Å². The third-order valence-electron chi connectivity index (χ3n) is 6.01. The number of phenolic OH excluding ortho intramolecular Hbond substituents is 1. The molecule has 2 atom stereocenters. The van der Waals surface area contributed by atoms with Gasteiger partial charge in [0.25, 0.3) is 0 Å². The number of aromatic hydroxyl groups is 1. The van der Waals surface area contributed by atoms with Gasteiger partial charge in [-0.2, -0.15) is 0 Å². The first-order valence-corrected chi connectivity index (χ1v) is 10.7. The maximum Gasteiger partial charge on any atom is 0.302 e. The van der Waals surface area contributed by atoms with Gasteiger partial charge in [-0.05, 0) is 71.6 Å². The molecule has 0 saturated carbocycles. The van der Waals surface area contributed by atoms with Crippen molar-refractivity contribution in [1.82, 2.24) is 0 Å². The van der Waals surface area contributed by atoms with Crippen LogP contribution < -0.4 is 4.74 Å². The van der Waals surface area contributed by atoms with Crippen LogP contribution in [0.5, 0.6) is 11.5 Å². The number of hydrogen-bond acceptors (Lipinski definition) is 6. The second-order valence-corrected chi connectivity index (χ2v) is 9.20. The molecule has 0 radical (unpaired) electrons. The fourth-order valence-corrected chi connectivity index (χ4v) is 3.89. The Morgan fingerprint density at radius 1 is 1.29 bits per heavy atom. The molecule has 1 saturated heterocycles. The predicted octanol–water partition coefficient (Wildman–Crippen LogP) is 5.12. The molecule has 1 fully saturated rings. The molecule has 0 spiro atoms. The van der Waals surface area contributed by atoms with E-state index in [9.17, 15) is 14.7 Å². The lowest BCUT2D eigenvalue weighted by molar-refractivity contribution is -0.142. The molecule has 1 N–H and O–H groups in total. The summed E-state index contributed by atoms with van der Waals surface area (Å²) < 4.78 is 16.9. The zero-order valence-electron chi connectivity index (χ0n) is 19.0. The Bertz CT molecular complexity index is 926. The van der Waals surface area contributed by atoms with Crippen LogP contribution >= 0.6 is 0 Å². The van der Waals surface area contributed by atoms with E-state index in [0.717, 1.165) is 25.7 Å². The number of fused-ring (bicyclic) bond motifs is 1. The van der Waals surface area contributed by atoms with E-state index in [4.69, 9.17) is 14.2 Å². The molecule has 6 heteroatoms. The Balaban J connectivity index is 1.67. The van der Waals surface area contributed by atoms with E-state index in [1.807, 2.05) is 13.0 Å². The Morgan fingerprint density at radius 3 is 2.61 bits per heavy atom. The highest BCUT2D eigenvalue weighted by molar-refractivity contribution is 5.87. The van der Waals surface area contributed by atoms with Crippen LogP contribution in [0.2, 0.25) is 0 Å². The third kappa shape index (κ3) is 5.56. The second-order valence-electron chi connectivity index (χ2n) is 9.20. The van der Waals surface area contributed by atoms with Gasteiger partial charge in [0, 0.05) is 12.5 Å². The highest BCUT2D eigenvalue weighted by Crippen LogP contribution is 2.42. The minimum Gasteiger partial charge on any atom is -0.507 e. The maximum absolute atomic E-state index is 11.8. The highest BCUT2D eigenvalue weighted by atomic mass is 16.6. The van der Waals surface area contributed by atoms with Crippen molar-refractivity contribution < 1.29 is 28.9 Å². The fourth-order valence-electron chi connectivity index (χ4n) is 3.89. The molecule has 0 amide bonds. The number of rotatable bonds is 9. The zero-order chi connectivity index (χ0) is 22.8. The second kappa shape index (κ2) is 8.87. The van der Waals surface area contributed by atoms with E-state index < -0.39 is 11.6 Å². The van der Waals surface area contributed by atoms with Gasteiger partial charge in [0.1, 0.15) is 23.7 Å². The lowest BCUT2D eigenvalue weighted by atomic mass is 9.92. The van der Waals surface area contributed by atoms with Gasteiger partial charge in [-0.1, -0.05) is 11.6 Å². The molecule has 0 aromatic heterocycles. The van der Waals surface area contributed by atoms with E-state index in [1.165, 1.54) is 18.6 Å². The van der Waals surface area contributed by atoms with Crippen molar-refractivity contribution in [2.75, 3.05) is 0 Å². The molecule has 2 unspecified atom stereocenters. The van der Waals surface area contributed by atoms with Crippen molar-refractivity contribution in [1.29, 1.82) is 0 Å². The summed E-state index contributed by atoms with van der Waals surface area (Å²) in [5.74, 6) is -0.142. The lowest BCUT2D eigenvalue weighted by Crippen LogP contribution is -2.32. The summed E-state index contributed by atoms with van der Waals surface area (Å²) >= 11 is 0. The molecule has 1 aromatic rings. The van der Waals surface area contributed by atoms with Gasteiger partial charge in [0.2, 0.25) is 0 Å². The molecule has 168 valence electrons. The van der Waals surface area contributed by atoms with Crippen molar-refractivity contribution in [3.8, 4) is 11.5 Å². The molecular formula is C25H32O6. The smallest absolute Gasteiger partial charge is 0.302 e. The number of benzene rings is 1. The number of allylic oxidation sites excluding steroid dienone is 2. The topological polar surface area (TPSA) is 85.4 Å². The third-order valence-corrected chi connectivity index (χ3v) is 6.01. The van der Waals surface area contributed by atoms with Gasteiger partial charge in [-0.3, -0.25) is 9.59 Å². The average molecular weight is 429 g/mol. The van der Waals surface area contributed by atoms with Crippen LogP contribution in [-0.2, 0) is 20.9 Å². The van der Waals surface area contributed by atoms with Crippen molar-refractivity contribution in [3.05, 3.63) is 40.5 Å². The van der Waals surface area contributed by atoms with Crippen LogP contribution in [0.15, 0.2) is 23.8 Å². The van der Waals surface area contributed by atoms with E-state index in [1.54, 1.807) is 6.08 Å².